The molecule has 16 heavy (non-hydrogen) atoms. The molecule has 0 atom stereocenters. The summed E-state index contributed by atoms with van der Waals surface area (Å²) in [5, 5.41) is -0.475. The molecular formula is C12H13ClO3. The Morgan fingerprint density at radius 3 is 2.38 bits per heavy atom. The van der Waals surface area contributed by atoms with Crippen LogP contribution < -0.4 is 0 Å². The van der Waals surface area contributed by atoms with Crippen molar-refractivity contribution in [3.8, 4) is 0 Å². The van der Waals surface area contributed by atoms with Crippen molar-refractivity contribution >= 4 is 22.8 Å². The van der Waals surface area contributed by atoms with Gasteiger partial charge in [-0.15, -0.1) is 0 Å². The maximum absolute atomic E-state index is 11.1. The molecule has 0 saturated carbocycles. The van der Waals surface area contributed by atoms with Crippen LogP contribution in [0.1, 0.15) is 29.3 Å². The first kappa shape index (κ1) is 12.7. The number of esters is 1. The summed E-state index contributed by atoms with van der Waals surface area (Å²) in [6, 6.07) is 6.87. The second kappa shape index (κ2) is 6.28. The number of benzene rings is 1. The van der Waals surface area contributed by atoms with E-state index in [0.717, 1.165) is 5.56 Å². The van der Waals surface area contributed by atoms with Crippen LogP contribution >= 0.6 is 11.6 Å². The second-order valence-electron chi connectivity index (χ2n) is 3.28. The average molecular weight is 241 g/mol. The third kappa shape index (κ3) is 4.03. The normalized spacial score (nSPS) is 9.88. The lowest BCUT2D eigenvalue weighted by atomic mass is 10.1. The van der Waals surface area contributed by atoms with Crippen molar-refractivity contribution in [2.75, 3.05) is 6.61 Å². The predicted octanol–water partition coefficient (Wildman–Crippen LogP) is 2.56. The average Bonchev–Trinajstić information content (AvgIpc) is 2.27. The number of ether oxygens (including phenoxy) is 1. The summed E-state index contributed by atoms with van der Waals surface area (Å²) in [4.78, 5) is 21.9. The van der Waals surface area contributed by atoms with Crippen LogP contribution in [0.15, 0.2) is 24.3 Å². The fourth-order valence-corrected chi connectivity index (χ4v) is 1.41. The van der Waals surface area contributed by atoms with Crippen molar-refractivity contribution < 1.29 is 14.3 Å². The first-order chi connectivity index (χ1) is 7.63. The molecule has 0 bridgehead atoms. The van der Waals surface area contributed by atoms with Gasteiger partial charge in [-0.05, 0) is 42.6 Å². The van der Waals surface area contributed by atoms with Gasteiger partial charge in [-0.3, -0.25) is 9.59 Å². The van der Waals surface area contributed by atoms with E-state index in [1.165, 1.54) is 0 Å². The van der Waals surface area contributed by atoms with E-state index in [1.807, 2.05) is 0 Å². The van der Waals surface area contributed by atoms with Crippen molar-refractivity contribution in [3.05, 3.63) is 35.4 Å². The molecule has 0 aliphatic heterocycles. The summed E-state index contributed by atoms with van der Waals surface area (Å²) in [6.45, 7) is 2.18. The van der Waals surface area contributed by atoms with Gasteiger partial charge in [-0.1, -0.05) is 12.1 Å². The van der Waals surface area contributed by atoms with E-state index in [4.69, 9.17) is 16.3 Å². The summed E-state index contributed by atoms with van der Waals surface area (Å²) in [6.07, 6.45) is 0.956. The third-order valence-corrected chi connectivity index (χ3v) is 2.32. The quantitative estimate of drug-likeness (QED) is 0.587. The smallest absolute Gasteiger partial charge is 0.306 e. The summed E-state index contributed by atoms with van der Waals surface area (Å²) < 4.78 is 4.81. The fourth-order valence-electron chi connectivity index (χ4n) is 1.28. The highest BCUT2D eigenvalue weighted by Crippen LogP contribution is 2.09. The Hall–Kier alpha value is -1.35. The minimum absolute atomic E-state index is 0.208. The molecule has 0 amide bonds. The molecule has 0 aliphatic carbocycles. The lowest BCUT2D eigenvalue weighted by Crippen LogP contribution is -2.05. The highest BCUT2D eigenvalue weighted by atomic mass is 35.5. The molecule has 0 fully saturated rings. The van der Waals surface area contributed by atoms with Crippen molar-refractivity contribution in [3.63, 3.8) is 0 Å². The van der Waals surface area contributed by atoms with Crippen molar-refractivity contribution in [2.45, 2.75) is 19.8 Å². The van der Waals surface area contributed by atoms with Crippen LogP contribution in [-0.2, 0) is 16.0 Å². The fraction of sp³-hybridized carbons (Fsp3) is 0.333. The van der Waals surface area contributed by atoms with Gasteiger partial charge in [0, 0.05) is 12.0 Å². The highest BCUT2D eigenvalue weighted by Gasteiger charge is 2.04. The molecule has 0 aliphatic rings. The maximum Gasteiger partial charge on any atom is 0.306 e. The number of hydrogen-bond donors (Lipinski definition) is 0. The summed E-state index contributed by atoms with van der Waals surface area (Å²) in [5.74, 6) is -0.208. The molecule has 0 aromatic heterocycles. The monoisotopic (exact) mass is 240 g/mol. The molecule has 0 saturated heterocycles. The third-order valence-electron chi connectivity index (χ3n) is 2.10. The molecule has 0 spiro atoms. The second-order valence-corrected chi connectivity index (χ2v) is 3.62. The first-order valence-electron chi connectivity index (χ1n) is 5.08. The Labute approximate surface area is 99.4 Å². The minimum atomic E-state index is -0.475. The Kier molecular flexibility index (Phi) is 4.99. The maximum atomic E-state index is 11.1. The molecular weight excluding hydrogens is 228 g/mol. The van der Waals surface area contributed by atoms with Crippen LogP contribution in [0.5, 0.6) is 0 Å². The van der Waals surface area contributed by atoms with Crippen LogP contribution in [0.25, 0.3) is 0 Å². The van der Waals surface area contributed by atoms with Crippen LogP contribution in [0.4, 0.5) is 0 Å². The number of rotatable bonds is 5. The lowest BCUT2D eigenvalue weighted by Gasteiger charge is -2.02. The topological polar surface area (TPSA) is 43.4 Å². The molecule has 1 aromatic rings. The van der Waals surface area contributed by atoms with E-state index in [-0.39, 0.29) is 5.97 Å². The first-order valence-corrected chi connectivity index (χ1v) is 5.45. The number of halogens is 1. The largest absolute Gasteiger partial charge is 0.466 e. The zero-order valence-corrected chi connectivity index (χ0v) is 9.79. The van der Waals surface area contributed by atoms with Gasteiger partial charge in [0.1, 0.15) is 0 Å². The van der Waals surface area contributed by atoms with Gasteiger partial charge in [0.15, 0.2) is 0 Å². The van der Waals surface area contributed by atoms with Gasteiger partial charge in [-0.2, -0.15) is 0 Å². The molecule has 3 nitrogen and oxygen atoms in total. The predicted molar refractivity (Wildman–Crippen MR) is 61.6 cm³/mol. The van der Waals surface area contributed by atoms with E-state index in [1.54, 1.807) is 31.2 Å². The van der Waals surface area contributed by atoms with E-state index in [0.29, 0.717) is 25.0 Å². The Bertz CT molecular complexity index is 370. The highest BCUT2D eigenvalue weighted by molar-refractivity contribution is 6.67. The molecule has 1 aromatic carbocycles. The molecule has 4 heteroatoms. The minimum Gasteiger partial charge on any atom is -0.466 e. The lowest BCUT2D eigenvalue weighted by molar-refractivity contribution is -0.143. The molecule has 0 unspecified atom stereocenters. The van der Waals surface area contributed by atoms with Gasteiger partial charge < -0.3 is 4.74 Å². The molecule has 0 heterocycles. The SMILES string of the molecule is CCOC(=O)CCc1ccc(C(=O)Cl)cc1. The van der Waals surface area contributed by atoms with E-state index < -0.39 is 5.24 Å². The number of carbonyl (C=O) groups excluding carboxylic acids is 2. The van der Waals surface area contributed by atoms with Crippen molar-refractivity contribution in [1.82, 2.24) is 0 Å². The van der Waals surface area contributed by atoms with E-state index in [9.17, 15) is 9.59 Å². The summed E-state index contributed by atoms with van der Waals surface area (Å²) in [5.41, 5.74) is 1.44. The molecule has 86 valence electrons. The van der Waals surface area contributed by atoms with Crippen molar-refractivity contribution in [2.24, 2.45) is 0 Å². The van der Waals surface area contributed by atoms with Crippen LogP contribution in [-0.4, -0.2) is 17.8 Å². The number of hydrogen-bond acceptors (Lipinski definition) is 3. The van der Waals surface area contributed by atoms with Crippen LogP contribution in [0.3, 0.4) is 0 Å². The van der Waals surface area contributed by atoms with Crippen LogP contribution in [0, 0.1) is 0 Å². The van der Waals surface area contributed by atoms with Crippen molar-refractivity contribution in [1.29, 1.82) is 0 Å². The van der Waals surface area contributed by atoms with E-state index >= 15 is 0 Å². The van der Waals surface area contributed by atoms with Gasteiger partial charge >= 0.3 is 5.97 Å². The standard InChI is InChI=1S/C12H13ClO3/c1-2-16-11(14)8-5-9-3-6-10(7-4-9)12(13)15/h3-4,6-7H,2,5,8H2,1H3. The molecule has 0 radical (unpaired) electrons. The zero-order valence-electron chi connectivity index (χ0n) is 9.03. The number of carbonyl (C=O) groups is 2. The van der Waals surface area contributed by atoms with Gasteiger partial charge in [-0.25, -0.2) is 0 Å². The van der Waals surface area contributed by atoms with Gasteiger partial charge in [0.25, 0.3) is 5.24 Å². The van der Waals surface area contributed by atoms with Crippen LogP contribution in [0.2, 0.25) is 0 Å². The van der Waals surface area contributed by atoms with Gasteiger partial charge in [0.2, 0.25) is 0 Å². The Morgan fingerprint density at radius 2 is 1.88 bits per heavy atom. The summed E-state index contributed by atoms with van der Waals surface area (Å²) >= 11 is 5.31. The zero-order chi connectivity index (χ0) is 12.0. The number of aryl methyl sites for hydroxylation is 1. The van der Waals surface area contributed by atoms with Gasteiger partial charge in [0.05, 0.1) is 6.61 Å². The van der Waals surface area contributed by atoms with E-state index in [2.05, 4.69) is 0 Å². The Balaban J connectivity index is 2.49. The molecule has 1 rings (SSSR count). The summed E-state index contributed by atoms with van der Waals surface area (Å²) in [7, 11) is 0. The molecule has 0 N–H and O–H groups in total. The Morgan fingerprint density at radius 1 is 1.25 bits per heavy atom.